The van der Waals surface area contributed by atoms with Crippen molar-refractivity contribution in [2.24, 2.45) is 0 Å². The summed E-state index contributed by atoms with van der Waals surface area (Å²) >= 11 is 3.48. The van der Waals surface area contributed by atoms with E-state index in [4.69, 9.17) is 11.2 Å². The van der Waals surface area contributed by atoms with Crippen molar-refractivity contribution in [3.05, 3.63) is 28.2 Å². The molecule has 1 fully saturated rings. The fourth-order valence-electron chi connectivity index (χ4n) is 1.62. The van der Waals surface area contributed by atoms with Gasteiger partial charge in [-0.3, -0.25) is 0 Å². The predicted molar refractivity (Wildman–Crippen MR) is 72.9 cm³/mol. The van der Waals surface area contributed by atoms with Gasteiger partial charge in [-0.25, -0.2) is 0 Å². The molecule has 3 heteroatoms. The lowest BCUT2D eigenvalue weighted by atomic mass is 10.2. The summed E-state index contributed by atoms with van der Waals surface area (Å²) in [6.45, 7) is 3.37. The molecule has 0 radical (unpaired) electrons. The van der Waals surface area contributed by atoms with Gasteiger partial charge in [-0.15, -0.1) is 6.42 Å². The minimum Gasteiger partial charge on any atom is -0.481 e. The van der Waals surface area contributed by atoms with Gasteiger partial charge in [-0.2, -0.15) is 0 Å². The monoisotopic (exact) mass is 293 g/mol. The molecule has 0 heterocycles. The highest BCUT2D eigenvalue weighted by Gasteiger charge is 2.36. The molecule has 0 bridgehead atoms. The Kier molecular flexibility index (Phi) is 3.76. The Balaban J connectivity index is 2.06. The van der Waals surface area contributed by atoms with Crippen molar-refractivity contribution in [1.82, 2.24) is 5.32 Å². The highest BCUT2D eigenvalue weighted by atomic mass is 79.9. The Labute approximate surface area is 111 Å². The summed E-state index contributed by atoms with van der Waals surface area (Å²) in [6, 6.07) is 5.99. The van der Waals surface area contributed by atoms with Crippen molar-refractivity contribution in [3.63, 3.8) is 0 Å². The average molecular weight is 294 g/mol. The zero-order valence-corrected chi connectivity index (χ0v) is 11.5. The third kappa shape index (κ3) is 3.49. The molecule has 2 rings (SSSR count). The van der Waals surface area contributed by atoms with Gasteiger partial charge >= 0.3 is 0 Å². The number of rotatable bonds is 5. The largest absolute Gasteiger partial charge is 0.481 e. The molecule has 0 aliphatic heterocycles. The first-order valence-electron chi connectivity index (χ1n) is 5.73. The van der Waals surface area contributed by atoms with E-state index in [0.717, 1.165) is 22.3 Å². The van der Waals surface area contributed by atoms with Crippen LogP contribution in [0.2, 0.25) is 0 Å². The van der Waals surface area contributed by atoms with Crippen molar-refractivity contribution in [2.75, 3.05) is 6.61 Å². The quantitative estimate of drug-likeness (QED) is 0.843. The van der Waals surface area contributed by atoms with E-state index in [1.54, 1.807) is 0 Å². The van der Waals surface area contributed by atoms with Gasteiger partial charge in [0.15, 0.2) is 0 Å². The molecule has 0 spiro atoms. The van der Waals surface area contributed by atoms with E-state index in [2.05, 4.69) is 40.2 Å². The number of terminal acetylenes is 1. The van der Waals surface area contributed by atoms with Crippen LogP contribution >= 0.6 is 15.9 Å². The first-order chi connectivity index (χ1) is 8.13. The molecule has 1 aromatic carbocycles. The van der Waals surface area contributed by atoms with E-state index in [1.807, 2.05) is 12.1 Å². The normalized spacial score (nSPS) is 16.3. The van der Waals surface area contributed by atoms with Gasteiger partial charge in [0, 0.05) is 22.1 Å². The number of halogens is 1. The van der Waals surface area contributed by atoms with Crippen LogP contribution < -0.4 is 10.1 Å². The van der Waals surface area contributed by atoms with E-state index >= 15 is 0 Å². The topological polar surface area (TPSA) is 21.3 Å². The highest BCUT2D eigenvalue weighted by molar-refractivity contribution is 9.10. The standard InChI is InChI=1S/C14H16BrNO/c1-3-8-17-13-5-4-12(15)9-11(13)10-16-14(2)6-7-14/h1,4-5,9,16H,6-8,10H2,2H3. The lowest BCUT2D eigenvalue weighted by Gasteiger charge is -2.14. The van der Waals surface area contributed by atoms with Crippen LogP contribution in [0.5, 0.6) is 5.75 Å². The Hall–Kier alpha value is -0.980. The molecule has 0 amide bonds. The van der Waals surface area contributed by atoms with Gasteiger partial charge in [0.25, 0.3) is 0 Å². The number of nitrogens with one attached hydrogen (secondary N) is 1. The average Bonchev–Trinajstić information content (AvgIpc) is 3.04. The number of hydrogen-bond acceptors (Lipinski definition) is 2. The summed E-state index contributed by atoms with van der Waals surface area (Å²) in [5.41, 5.74) is 1.47. The van der Waals surface area contributed by atoms with Crippen LogP contribution in [-0.4, -0.2) is 12.1 Å². The van der Waals surface area contributed by atoms with Gasteiger partial charge in [-0.1, -0.05) is 21.9 Å². The summed E-state index contributed by atoms with van der Waals surface area (Å²) in [7, 11) is 0. The zero-order chi connectivity index (χ0) is 12.3. The fraction of sp³-hybridized carbons (Fsp3) is 0.429. The van der Waals surface area contributed by atoms with Gasteiger partial charge in [0.2, 0.25) is 0 Å². The molecule has 0 unspecified atom stereocenters. The first kappa shape index (κ1) is 12.5. The second-order valence-corrected chi connectivity index (χ2v) is 5.57. The molecule has 1 saturated carbocycles. The van der Waals surface area contributed by atoms with Crippen LogP contribution in [0.1, 0.15) is 25.3 Å². The van der Waals surface area contributed by atoms with Crippen LogP contribution in [0.15, 0.2) is 22.7 Å². The summed E-state index contributed by atoms with van der Waals surface area (Å²) in [5.74, 6) is 3.35. The number of hydrogen-bond donors (Lipinski definition) is 1. The van der Waals surface area contributed by atoms with E-state index in [1.165, 1.54) is 12.8 Å². The highest BCUT2D eigenvalue weighted by Crippen LogP contribution is 2.35. The first-order valence-corrected chi connectivity index (χ1v) is 6.52. The summed E-state index contributed by atoms with van der Waals surface area (Å²) in [5, 5.41) is 3.54. The maximum absolute atomic E-state index is 5.53. The second kappa shape index (κ2) is 5.12. The minimum atomic E-state index is 0.311. The van der Waals surface area contributed by atoms with Gasteiger partial charge in [0.1, 0.15) is 12.4 Å². The molecule has 17 heavy (non-hydrogen) atoms. The van der Waals surface area contributed by atoms with Gasteiger partial charge < -0.3 is 10.1 Å². The Morgan fingerprint density at radius 3 is 2.94 bits per heavy atom. The predicted octanol–water partition coefficient (Wildman–Crippen LogP) is 3.10. The van der Waals surface area contributed by atoms with E-state index < -0.39 is 0 Å². The van der Waals surface area contributed by atoms with Gasteiger partial charge in [0.05, 0.1) is 0 Å². The number of ether oxygens (including phenoxy) is 1. The van der Waals surface area contributed by atoms with Crippen molar-refractivity contribution in [1.29, 1.82) is 0 Å². The summed E-state index contributed by atoms with van der Waals surface area (Å²) in [4.78, 5) is 0. The molecule has 1 aliphatic carbocycles. The minimum absolute atomic E-state index is 0.311. The lowest BCUT2D eigenvalue weighted by molar-refractivity contribution is 0.363. The van der Waals surface area contributed by atoms with Crippen LogP contribution in [0.3, 0.4) is 0 Å². The van der Waals surface area contributed by atoms with Crippen molar-refractivity contribution in [3.8, 4) is 18.1 Å². The molecule has 0 atom stereocenters. The summed E-state index contributed by atoms with van der Waals surface area (Å²) < 4.78 is 6.59. The van der Waals surface area contributed by atoms with E-state index in [0.29, 0.717) is 12.1 Å². The van der Waals surface area contributed by atoms with E-state index in [-0.39, 0.29) is 0 Å². The molecule has 2 nitrogen and oxygen atoms in total. The Morgan fingerprint density at radius 1 is 1.53 bits per heavy atom. The van der Waals surface area contributed by atoms with E-state index in [9.17, 15) is 0 Å². The van der Waals surface area contributed by atoms with Crippen LogP contribution in [0, 0.1) is 12.3 Å². The van der Waals surface area contributed by atoms with Crippen molar-refractivity contribution in [2.45, 2.75) is 31.8 Å². The van der Waals surface area contributed by atoms with Crippen LogP contribution in [0.25, 0.3) is 0 Å². The van der Waals surface area contributed by atoms with Crippen LogP contribution in [-0.2, 0) is 6.54 Å². The SMILES string of the molecule is C#CCOc1ccc(Br)cc1CNC1(C)CC1. The summed E-state index contributed by atoms with van der Waals surface area (Å²) in [6.07, 6.45) is 7.71. The second-order valence-electron chi connectivity index (χ2n) is 4.66. The van der Waals surface area contributed by atoms with Gasteiger partial charge in [-0.05, 0) is 38.0 Å². The Morgan fingerprint density at radius 2 is 2.29 bits per heavy atom. The van der Waals surface area contributed by atoms with Crippen molar-refractivity contribution < 1.29 is 4.74 Å². The third-order valence-electron chi connectivity index (χ3n) is 3.04. The van der Waals surface area contributed by atoms with Crippen LogP contribution in [0.4, 0.5) is 0 Å². The smallest absolute Gasteiger partial charge is 0.148 e. The molecular weight excluding hydrogens is 278 g/mol. The van der Waals surface area contributed by atoms with Crippen molar-refractivity contribution >= 4 is 15.9 Å². The zero-order valence-electron chi connectivity index (χ0n) is 9.92. The molecule has 1 aliphatic rings. The number of benzene rings is 1. The molecule has 90 valence electrons. The molecule has 1 N–H and O–H groups in total. The maximum Gasteiger partial charge on any atom is 0.148 e. The molecule has 0 saturated heterocycles. The molecule has 0 aromatic heterocycles. The fourth-order valence-corrected chi connectivity index (χ4v) is 2.03. The maximum atomic E-state index is 5.53. The molecule has 1 aromatic rings. The molecular formula is C14H16BrNO. The third-order valence-corrected chi connectivity index (χ3v) is 3.53. The Bertz CT molecular complexity index is 446. The lowest BCUT2D eigenvalue weighted by Crippen LogP contribution is -2.27.